The minimum Gasteiger partial charge on any atom is -0.468 e. The molecular formula is C15H17NO5S. The molecule has 0 bridgehead atoms. The van der Waals surface area contributed by atoms with Crippen LogP contribution in [0.4, 0.5) is 0 Å². The highest BCUT2D eigenvalue weighted by Crippen LogP contribution is 2.24. The molecule has 0 radical (unpaired) electrons. The Labute approximate surface area is 128 Å². The molecular weight excluding hydrogens is 306 g/mol. The van der Waals surface area contributed by atoms with E-state index in [4.69, 9.17) is 8.83 Å². The van der Waals surface area contributed by atoms with Crippen LogP contribution in [0.3, 0.4) is 0 Å². The summed E-state index contributed by atoms with van der Waals surface area (Å²) in [6.45, 7) is 3.93. The van der Waals surface area contributed by atoms with Gasteiger partial charge in [-0.15, -0.1) is 0 Å². The van der Waals surface area contributed by atoms with Gasteiger partial charge in [0.15, 0.2) is 9.84 Å². The highest BCUT2D eigenvalue weighted by Gasteiger charge is 2.40. The van der Waals surface area contributed by atoms with E-state index in [2.05, 4.69) is 0 Å². The fourth-order valence-electron chi connectivity index (χ4n) is 2.56. The summed E-state index contributed by atoms with van der Waals surface area (Å²) < 4.78 is 34.9. The van der Waals surface area contributed by atoms with Crippen LogP contribution < -0.4 is 0 Å². The Morgan fingerprint density at radius 2 is 2.09 bits per heavy atom. The van der Waals surface area contributed by atoms with Gasteiger partial charge in [-0.1, -0.05) is 0 Å². The summed E-state index contributed by atoms with van der Waals surface area (Å²) in [6, 6.07) is 4.98. The van der Waals surface area contributed by atoms with E-state index in [1.54, 1.807) is 32.0 Å². The van der Waals surface area contributed by atoms with Crippen LogP contribution in [0.15, 0.2) is 33.3 Å². The van der Waals surface area contributed by atoms with Crippen LogP contribution in [0.2, 0.25) is 0 Å². The van der Waals surface area contributed by atoms with Crippen molar-refractivity contribution in [3.8, 4) is 0 Å². The van der Waals surface area contributed by atoms with Gasteiger partial charge >= 0.3 is 0 Å². The van der Waals surface area contributed by atoms with Gasteiger partial charge in [0.05, 0.1) is 17.1 Å². The molecule has 1 amide bonds. The third-order valence-corrected chi connectivity index (χ3v) is 5.84. The fourth-order valence-corrected chi connectivity index (χ4v) is 4.17. The second-order valence-corrected chi connectivity index (χ2v) is 7.83. The molecule has 0 aliphatic carbocycles. The predicted octanol–water partition coefficient (Wildman–Crippen LogP) is 1.93. The van der Waals surface area contributed by atoms with Crippen molar-refractivity contribution in [3.63, 3.8) is 0 Å². The molecule has 1 aliphatic heterocycles. The van der Waals surface area contributed by atoms with Crippen molar-refractivity contribution < 1.29 is 22.0 Å². The first-order valence-corrected chi connectivity index (χ1v) is 8.68. The molecule has 2 aromatic heterocycles. The molecule has 3 heterocycles. The average molecular weight is 323 g/mol. The molecule has 22 heavy (non-hydrogen) atoms. The number of hydrogen-bond acceptors (Lipinski definition) is 5. The standard InChI is InChI=1S/C15H17NO5S/c1-10-6-14(11(2)21-10)15(17)16-7-13(8-16)22(18,19)9-12-4-3-5-20-12/h3-6,13H,7-9H2,1-2H3. The molecule has 7 heteroatoms. The summed E-state index contributed by atoms with van der Waals surface area (Å²) in [6.07, 6.45) is 1.45. The fraction of sp³-hybridized carbons (Fsp3) is 0.400. The Hall–Kier alpha value is -2.02. The predicted molar refractivity (Wildman–Crippen MR) is 79.2 cm³/mol. The zero-order valence-corrected chi connectivity index (χ0v) is 13.2. The van der Waals surface area contributed by atoms with Crippen LogP contribution in [0.1, 0.15) is 27.6 Å². The maximum Gasteiger partial charge on any atom is 0.257 e. The van der Waals surface area contributed by atoms with Crippen molar-refractivity contribution in [2.24, 2.45) is 0 Å². The Morgan fingerprint density at radius 3 is 2.64 bits per heavy atom. The Bertz CT molecular complexity index is 782. The van der Waals surface area contributed by atoms with E-state index in [0.717, 1.165) is 0 Å². The number of sulfone groups is 1. The molecule has 1 fully saturated rings. The SMILES string of the molecule is Cc1cc(C(=O)N2CC(S(=O)(=O)Cc3ccco3)C2)c(C)o1. The summed E-state index contributed by atoms with van der Waals surface area (Å²) in [5.41, 5.74) is 0.499. The van der Waals surface area contributed by atoms with Gasteiger partial charge in [-0.3, -0.25) is 4.79 Å². The maximum atomic E-state index is 12.3. The zero-order valence-electron chi connectivity index (χ0n) is 12.4. The largest absolute Gasteiger partial charge is 0.468 e. The van der Waals surface area contributed by atoms with Crippen molar-refractivity contribution in [2.45, 2.75) is 24.9 Å². The molecule has 6 nitrogen and oxygen atoms in total. The van der Waals surface area contributed by atoms with E-state index in [9.17, 15) is 13.2 Å². The molecule has 0 spiro atoms. The van der Waals surface area contributed by atoms with Crippen LogP contribution in [0.25, 0.3) is 0 Å². The number of amides is 1. The Balaban J connectivity index is 1.64. The first-order valence-electron chi connectivity index (χ1n) is 6.97. The van der Waals surface area contributed by atoms with Gasteiger partial charge in [0, 0.05) is 13.1 Å². The quantitative estimate of drug-likeness (QED) is 0.859. The number of furan rings is 2. The van der Waals surface area contributed by atoms with Crippen LogP contribution in [0, 0.1) is 13.8 Å². The van der Waals surface area contributed by atoms with E-state index >= 15 is 0 Å². The molecule has 1 aliphatic rings. The summed E-state index contributed by atoms with van der Waals surface area (Å²) in [5.74, 6) is 1.34. The third-order valence-electron chi connectivity index (χ3n) is 3.84. The maximum absolute atomic E-state index is 12.3. The number of hydrogen-bond donors (Lipinski definition) is 0. The van der Waals surface area contributed by atoms with Crippen molar-refractivity contribution in [2.75, 3.05) is 13.1 Å². The Morgan fingerprint density at radius 1 is 1.36 bits per heavy atom. The van der Waals surface area contributed by atoms with Gasteiger partial charge in [-0.2, -0.15) is 0 Å². The smallest absolute Gasteiger partial charge is 0.257 e. The minimum absolute atomic E-state index is 0.128. The Kier molecular flexibility index (Phi) is 3.60. The number of carbonyl (C=O) groups excluding carboxylic acids is 1. The molecule has 0 aromatic carbocycles. The molecule has 3 rings (SSSR count). The van der Waals surface area contributed by atoms with Gasteiger partial charge in [0.1, 0.15) is 23.0 Å². The number of nitrogens with zero attached hydrogens (tertiary/aromatic N) is 1. The van der Waals surface area contributed by atoms with E-state index in [0.29, 0.717) is 22.8 Å². The van der Waals surface area contributed by atoms with E-state index in [1.165, 1.54) is 11.2 Å². The summed E-state index contributed by atoms with van der Waals surface area (Å²) in [5, 5.41) is -0.533. The number of aryl methyl sites for hydroxylation is 2. The first kappa shape index (κ1) is 14.9. The monoisotopic (exact) mass is 323 g/mol. The van der Waals surface area contributed by atoms with Crippen LogP contribution >= 0.6 is 0 Å². The summed E-state index contributed by atoms with van der Waals surface area (Å²) in [4.78, 5) is 13.8. The van der Waals surface area contributed by atoms with Crippen LogP contribution in [0.5, 0.6) is 0 Å². The van der Waals surface area contributed by atoms with E-state index in [1.807, 2.05) is 0 Å². The zero-order chi connectivity index (χ0) is 15.9. The van der Waals surface area contributed by atoms with Crippen molar-refractivity contribution in [3.05, 3.63) is 47.3 Å². The van der Waals surface area contributed by atoms with Crippen molar-refractivity contribution in [1.29, 1.82) is 0 Å². The van der Waals surface area contributed by atoms with Gasteiger partial charge < -0.3 is 13.7 Å². The topological polar surface area (TPSA) is 80.7 Å². The first-order chi connectivity index (χ1) is 10.4. The summed E-state index contributed by atoms with van der Waals surface area (Å²) >= 11 is 0. The number of carbonyl (C=O) groups is 1. The van der Waals surface area contributed by atoms with Gasteiger partial charge in [0.25, 0.3) is 5.91 Å². The lowest BCUT2D eigenvalue weighted by Crippen LogP contribution is -2.57. The van der Waals surface area contributed by atoms with Gasteiger partial charge in [-0.25, -0.2) is 8.42 Å². The molecule has 0 atom stereocenters. The van der Waals surface area contributed by atoms with Crippen LogP contribution in [-0.4, -0.2) is 37.6 Å². The minimum atomic E-state index is -3.31. The van der Waals surface area contributed by atoms with E-state index < -0.39 is 15.1 Å². The molecule has 0 N–H and O–H groups in total. The molecule has 1 saturated heterocycles. The normalized spacial score (nSPS) is 15.8. The van der Waals surface area contributed by atoms with Crippen LogP contribution in [-0.2, 0) is 15.6 Å². The third kappa shape index (κ3) is 2.68. The second kappa shape index (κ2) is 5.31. The van der Waals surface area contributed by atoms with E-state index in [-0.39, 0.29) is 24.7 Å². The molecule has 118 valence electrons. The molecule has 2 aromatic rings. The van der Waals surface area contributed by atoms with Gasteiger partial charge in [-0.05, 0) is 32.0 Å². The average Bonchev–Trinajstić information content (AvgIpc) is 2.95. The molecule has 0 unspecified atom stereocenters. The second-order valence-electron chi connectivity index (χ2n) is 5.55. The highest BCUT2D eigenvalue weighted by atomic mass is 32.2. The lowest BCUT2D eigenvalue weighted by atomic mass is 10.1. The number of likely N-dealkylation sites (tertiary alicyclic amines) is 1. The number of rotatable bonds is 4. The van der Waals surface area contributed by atoms with Crippen molar-refractivity contribution >= 4 is 15.7 Å². The van der Waals surface area contributed by atoms with Gasteiger partial charge in [0.2, 0.25) is 0 Å². The lowest BCUT2D eigenvalue weighted by molar-refractivity contribution is 0.0657. The highest BCUT2D eigenvalue weighted by molar-refractivity contribution is 7.91. The summed E-state index contributed by atoms with van der Waals surface area (Å²) in [7, 11) is -3.31. The lowest BCUT2D eigenvalue weighted by Gasteiger charge is -2.38. The molecule has 0 saturated carbocycles. The van der Waals surface area contributed by atoms with Crippen molar-refractivity contribution in [1.82, 2.24) is 4.90 Å².